The summed E-state index contributed by atoms with van der Waals surface area (Å²) in [5.74, 6) is 0. The third-order valence-corrected chi connectivity index (χ3v) is 7.05. The minimum absolute atomic E-state index is 1.24. The fourth-order valence-corrected chi connectivity index (χ4v) is 5.41. The van der Waals surface area contributed by atoms with Gasteiger partial charge in [-0.05, 0) is 72.5 Å². The molecule has 0 radical (unpaired) electrons. The van der Waals surface area contributed by atoms with Crippen molar-refractivity contribution in [1.29, 1.82) is 0 Å². The molecule has 0 heterocycles. The highest BCUT2D eigenvalue weighted by Crippen LogP contribution is 2.49. The summed E-state index contributed by atoms with van der Waals surface area (Å²) in [5, 5.41) is 2.70. The Kier molecular flexibility index (Phi) is 4.25. The molecule has 0 saturated carbocycles. The summed E-state index contributed by atoms with van der Waals surface area (Å²) in [6.45, 7) is 0. The van der Waals surface area contributed by atoms with E-state index in [2.05, 4.69) is 133 Å². The van der Waals surface area contributed by atoms with Crippen LogP contribution in [0.5, 0.6) is 0 Å². The van der Waals surface area contributed by atoms with Crippen molar-refractivity contribution < 1.29 is 0 Å². The Bertz CT molecular complexity index is 1640. The Morgan fingerprint density at radius 1 is 0.265 bits per heavy atom. The largest absolute Gasteiger partial charge is 0.0622 e. The number of hydrogen-bond donors (Lipinski definition) is 0. The van der Waals surface area contributed by atoms with Crippen molar-refractivity contribution >= 4 is 10.8 Å². The molecule has 0 atom stereocenters. The summed E-state index contributed by atoms with van der Waals surface area (Å²) >= 11 is 0. The minimum atomic E-state index is 1.24. The van der Waals surface area contributed by atoms with Crippen LogP contribution in [-0.4, -0.2) is 0 Å². The van der Waals surface area contributed by atoms with E-state index >= 15 is 0 Å². The Morgan fingerprint density at radius 3 is 1.53 bits per heavy atom. The van der Waals surface area contributed by atoms with E-state index in [0.717, 1.165) is 0 Å². The predicted molar refractivity (Wildman–Crippen MR) is 145 cm³/mol. The van der Waals surface area contributed by atoms with Crippen LogP contribution in [0.1, 0.15) is 0 Å². The predicted octanol–water partition coefficient (Wildman–Crippen LogP) is 9.49. The van der Waals surface area contributed by atoms with Crippen LogP contribution in [0.3, 0.4) is 0 Å². The van der Waals surface area contributed by atoms with Gasteiger partial charge in [-0.1, -0.05) is 127 Å². The van der Waals surface area contributed by atoms with Gasteiger partial charge >= 0.3 is 0 Å². The molecule has 6 aromatic carbocycles. The quantitative estimate of drug-likeness (QED) is 0.262. The van der Waals surface area contributed by atoms with E-state index in [9.17, 15) is 0 Å². The summed E-state index contributed by atoms with van der Waals surface area (Å²) in [6.07, 6.45) is 0. The zero-order valence-electron chi connectivity index (χ0n) is 18.7. The first-order valence-electron chi connectivity index (χ1n) is 11.8. The van der Waals surface area contributed by atoms with Crippen LogP contribution in [0.2, 0.25) is 0 Å². The Morgan fingerprint density at radius 2 is 0.765 bits per heavy atom. The van der Waals surface area contributed by atoms with Crippen LogP contribution < -0.4 is 0 Å². The lowest BCUT2D eigenvalue weighted by atomic mass is 9.92. The fourth-order valence-electron chi connectivity index (χ4n) is 5.41. The molecule has 0 N–H and O–H groups in total. The van der Waals surface area contributed by atoms with Gasteiger partial charge in [0.1, 0.15) is 0 Å². The Labute approximate surface area is 199 Å². The molecule has 0 aromatic heterocycles. The van der Waals surface area contributed by atoms with E-state index < -0.39 is 0 Å². The smallest absolute Gasteiger partial charge is 0.00201 e. The van der Waals surface area contributed by atoms with Crippen molar-refractivity contribution in [2.24, 2.45) is 0 Å². The molecule has 7 rings (SSSR count). The first-order chi connectivity index (χ1) is 16.9. The number of hydrogen-bond acceptors (Lipinski definition) is 0. The first-order valence-corrected chi connectivity index (χ1v) is 11.8. The number of fused-ring (bicyclic) bond motifs is 3. The standard InChI is InChI=1S/C34H22/c1-2-8-23(9-3-1)24-16-18-25(19-17-24)26-10-6-11-27(22-26)28-20-21-33-30-13-5-4-12-29(30)32-15-7-14-31(28)34(32)33/h1-22H. The highest BCUT2D eigenvalue weighted by atomic mass is 14.2. The lowest BCUT2D eigenvalue weighted by Crippen LogP contribution is -1.85. The van der Waals surface area contributed by atoms with E-state index in [0.29, 0.717) is 0 Å². The van der Waals surface area contributed by atoms with Gasteiger partial charge < -0.3 is 0 Å². The van der Waals surface area contributed by atoms with Gasteiger partial charge in [0, 0.05) is 0 Å². The molecule has 0 nitrogen and oxygen atoms in total. The van der Waals surface area contributed by atoms with Crippen LogP contribution in [0.15, 0.2) is 133 Å². The molecule has 0 fully saturated rings. The SMILES string of the molecule is c1ccc(-c2ccc(-c3cccc(-c4ccc5c6c(cccc46)-c4ccccc4-5)c3)cc2)cc1. The van der Waals surface area contributed by atoms with E-state index in [4.69, 9.17) is 0 Å². The van der Waals surface area contributed by atoms with Crippen molar-refractivity contribution in [3.8, 4) is 55.6 Å². The summed E-state index contributed by atoms with van der Waals surface area (Å²) in [4.78, 5) is 0. The normalized spacial score (nSPS) is 11.5. The van der Waals surface area contributed by atoms with Crippen molar-refractivity contribution in [1.82, 2.24) is 0 Å². The van der Waals surface area contributed by atoms with Gasteiger partial charge in [-0.25, -0.2) is 0 Å². The van der Waals surface area contributed by atoms with E-state index in [-0.39, 0.29) is 0 Å². The maximum atomic E-state index is 2.32. The summed E-state index contributed by atoms with van der Waals surface area (Å²) < 4.78 is 0. The van der Waals surface area contributed by atoms with E-state index in [1.54, 1.807) is 0 Å². The molecule has 0 heteroatoms. The summed E-state index contributed by atoms with van der Waals surface area (Å²) in [5.41, 5.74) is 12.9. The topological polar surface area (TPSA) is 0 Å². The van der Waals surface area contributed by atoms with Crippen LogP contribution in [0.25, 0.3) is 66.4 Å². The Balaban J connectivity index is 1.32. The number of benzene rings is 6. The van der Waals surface area contributed by atoms with Crippen LogP contribution in [0.4, 0.5) is 0 Å². The van der Waals surface area contributed by atoms with Gasteiger partial charge in [0.15, 0.2) is 0 Å². The molecular formula is C34H22. The molecule has 158 valence electrons. The molecule has 0 spiro atoms. The molecule has 0 aliphatic heterocycles. The van der Waals surface area contributed by atoms with Crippen molar-refractivity contribution in [3.05, 3.63) is 133 Å². The van der Waals surface area contributed by atoms with Gasteiger partial charge in [-0.3, -0.25) is 0 Å². The maximum Gasteiger partial charge on any atom is -0.00201 e. The molecule has 0 unspecified atom stereocenters. The summed E-state index contributed by atoms with van der Waals surface area (Å²) in [7, 11) is 0. The molecule has 1 aliphatic carbocycles. The molecule has 34 heavy (non-hydrogen) atoms. The van der Waals surface area contributed by atoms with Crippen molar-refractivity contribution in [2.45, 2.75) is 0 Å². The third kappa shape index (κ3) is 2.93. The second-order valence-corrected chi connectivity index (χ2v) is 8.96. The zero-order valence-corrected chi connectivity index (χ0v) is 18.7. The average Bonchev–Trinajstić information content (AvgIpc) is 3.25. The van der Waals surface area contributed by atoms with E-state index in [1.807, 2.05) is 0 Å². The molecule has 1 aliphatic rings. The van der Waals surface area contributed by atoms with E-state index in [1.165, 1.54) is 66.4 Å². The lowest BCUT2D eigenvalue weighted by molar-refractivity contribution is 1.58. The molecule has 0 saturated heterocycles. The fraction of sp³-hybridized carbons (Fsp3) is 0. The lowest BCUT2D eigenvalue weighted by Gasteiger charge is -2.11. The van der Waals surface area contributed by atoms with Crippen molar-refractivity contribution in [3.63, 3.8) is 0 Å². The second-order valence-electron chi connectivity index (χ2n) is 8.96. The second kappa shape index (κ2) is 7.57. The highest BCUT2D eigenvalue weighted by molar-refractivity contribution is 6.18. The van der Waals surface area contributed by atoms with Crippen LogP contribution in [-0.2, 0) is 0 Å². The van der Waals surface area contributed by atoms with Crippen molar-refractivity contribution in [2.75, 3.05) is 0 Å². The third-order valence-electron chi connectivity index (χ3n) is 7.05. The molecule has 6 aromatic rings. The Hall–Kier alpha value is -4.42. The molecular weight excluding hydrogens is 408 g/mol. The highest BCUT2D eigenvalue weighted by Gasteiger charge is 2.22. The van der Waals surface area contributed by atoms with Gasteiger partial charge in [-0.15, -0.1) is 0 Å². The first kappa shape index (κ1) is 19.1. The number of rotatable bonds is 3. The zero-order chi connectivity index (χ0) is 22.5. The van der Waals surface area contributed by atoms with Crippen LogP contribution in [0, 0.1) is 0 Å². The monoisotopic (exact) mass is 430 g/mol. The molecule has 0 bridgehead atoms. The van der Waals surface area contributed by atoms with Gasteiger partial charge in [0.2, 0.25) is 0 Å². The summed E-state index contributed by atoms with van der Waals surface area (Å²) in [6, 6.07) is 48.4. The minimum Gasteiger partial charge on any atom is -0.0622 e. The van der Waals surface area contributed by atoms with Gasteiger partial charge in [-0.2, -0.15) is 0 Å². The van der Waals surface area contributed by atoms with Crippen LogP contribution >= 0.6 is 0 Å². The van der Waals surface area contributed by atoms with Gasteiger partial charge in [0.05, 0.1) is 0 Å². The average molecular weight is 431 g/mol. The molecule has 0 amide bonds. The van der Waals surface area contributed by atoms with Gasteiger partial charge in [0.25, 0.3) is 0 Å². The maximum absolute atomic E-state index is 2.32.